The summed E-state index contributed by atoms with van der Waals surface area (Å²) in [6.07, 6.45) is 9.22. The molecule has 4 aromatic carbocycles. The number of aliphatic hydroxyl groups excluding tert-OH is 2. The van der Waals surface area contributed by atoms with Crippen molar-refractivity contribution >= 4 is 34.4 Å². The van der Waals surface area contributed by atoms with Crippen LogP contribution in [0.4, 0.5) is 15.3 Å². The zero-order chi connectivity index (χ0) is 47.3. The molecule has 6 unspecified atom stereocenters. The Hall–Kier alpha value is -6.35. The first-order valence-corrected chi connectivity index (χ1v) is 23.1. The van der Waals surface area contributed by atoms with Crippen molar-refractivity contribution in [2.75, 3.05) is 53.1 Å². The Bertz CT molecular complexity index is 2430. The Morgan fingerprint density at radius 2 is 1.69 bits per heavy atom. The second kappa shape index (κ2) is 22.9. The Morgan fingerprint density at radius 1 is 0.910 bits per heavy atom. The lowest BCUT2D eigenvalue weighted by molar-refractivity contribution is -0.256. The van der Waals surface area contributed by atoms with E-state index >= 15 is 0 Å². The highest BCUT2D eigenvalue weighted by Gasteiger charge is 2.65. The van der Waals surface area contributed by atoms with Crippen molar-refractivity contribution < 1.29 is 53.1 Å². The number of carbonyl (C=O) groups is 2. The summed E-state index contributed by atoms with van der Waals surface area (Å²) in [6, 6.07) is 23.6. The van der Waals surface area contributed by atoms with E-state index in [-0.39, 0.29) is 62.9 Å². The second-order valence-corrected chi connectivity index (χ2v) is 17.0. The number of aliphatic hydroxyl groups is 2. The van der Waals surface area contributed by atoms with Gasteiger partial charge in [0.05, 0.1) is 51.3 Å². The molecule has 1 heterocycles. The number of nitrogens with one attached hydrogen (secondary N) is 1. The van der Waals surface area contributed by atoms with Gasteiger partial charge in [0, 0.05) is 37.2 Å². The fraction of sp³-hybridized carbons (Fsp3) is 0.415. The summed E-state index contributed by atoms with van der Waals surface area (Å²) in [5.41, 5.74) is 3.58. The molecule has 0 spiro atoms. The number of benzene rings is 4. The van der Waals surface area contributed by atoms with Gasteiger partial charge in [-0.25, -0.2) is 9.59 Å². The summed E-state index contributed by atoms with van der Waals surface area (Å²) in [5.74, 6) is -0.829. The van der Waals surface area contributed by atoms with Gasteiger partial charge in [-0.15, -0.1) is 13.2 Å². The maximum Gasteiger partial charge on any atom is 0.417 e. The Balaban J connectivity index is 1.41. The van der Waals surface area contributed by atoms with Gasteiger partial charge in [0.25, 0.3) is 0 Å². The molecule has 3 aliphatic rings. The van der Waals surface area contributed by atoms with Crippen molar-refractivity contribution in [2.24, 2.45) is 22.9 Å². The zero-order valence-corrected chi connectivity index (χ0v) is 38.7. The molecule has 14 heteroatoms. The lowest BCUT2D eigenvalue weighted by Gasteiger charge is -2.59. The average molecular weight is 918 g/mol. The Labute approximate surface area is 392 Å². The molecule has 0 saturated heterocycles. The van der Waals surface area contributed by atoms with Crippen LogP contribution in [-0.2, 0) is 20.9 Å². The van der Waals surface area contributed by atoms with Crippen LogP contribution in [0.5, 0.6) is 23.0 Å². The number of nitrogens with zero attached hydrogens (tertiary/aromatic N) is 2. The number of hydrogen-bond acceptors (Lipinski definition) is 12. The third-order valence-corrected chi connectivity index (χ3v) is 13.1. The van der Waals surface area contributed by atoms with Crippen LogP contribution in [0.2, 0.25) is 0 Å². The average Bonchev–Trinajstić information content (AvgIpc) is 3.34. The Kier molecular flexibility index (Phi) is 16.6. The number of rotatable bonds is 22. The molecular weight excluding hydrogens is 855 g/mol. The molecule has 14 nitrogen and oxygen atoms in total. The second-order valence-electron chi connectivity index (χ2n) is 17.0. The number of anilines is 1. The van der Waals surface area contributed by atoms with Crippen molar-refractivity contribution in [1.82, 2.24) is 4.90 Å². The standard InChI is InChI=1S/C53H63N3O11/c1-6-8-29-64-52(60)56(34-37-19-15-18-35-16-9-10-20-40(35)37)48-33-45(55-63-5)42-30-36(17-11-13-26-57)41(21-12-14-27-58)49-43-31-39(23-25-46(43)67-53(48,50(42)49)65-28-7-2)66-51(59)54-44-24-22-38(61-3)32-47(44)62-4/h6-7,9-10,15-16,18-20,22-25,30-32,36,41,48-50,57-58H,1-2,8,11-14,17,21,26-29,33-34H2,3-5H3,(H,54,59). The topological polar surface area (TPSA) is 167 Å². The van der Waals surface area contributed by atoms with E-state index in [0.717, 1.165) is 53.2 Å². The molecular formula is C53H63N3O11. The van der Waals surface area contributed by atoms with E-state index in [1.807, 2.05) is 48.5 Å². The van der Waals surface area contributed by atoms with E-state index in [0.29, 0.717) is 47.9 Å². The first-order valence-electron chi connectivity index (χ1n) is 23.1. The van der Waals surface area contributed by atoms with Crippen LogP contribution in [-0.4, -0.2) is 92.6 Å². The largest absolute Gasteiger partial charge is 0.497 e. The third-order valence-electron chi connectivity index (χ3n) is 13.1. The number of oxime groups is 1. The van der Waals surface area contributed by atoms with Crippen LogP contribution in [0.3, 0.4) is 0 Å². The molecule has 0 aromatic heterocycles. The minimum Gasteiger partial charge on any atom is -0.497 e. The smallest absolute Gasteiger partial charge is 0.417 e. The molecule has 0 radical (unpaired) electrons. The van der Waals surface area contributed by atoms with Gasteiger partial charge in [-0.3, -0.25) is 10.2 Å². The molecule has 3 N–H and O–H groups in total. The molecule has 1 saturated carbocycles. The lowest BCUT2D eigenvalue weighted by Crippen LogP contribution is -2.70. The van der Waals surface area contributed by atoms with Crippen molar-refractivity contribution in [1.29, 1.82) is 0 Å². The summed E-state index contributed by atoms with van der Waals surface area (Å²) in [5, 5.41) is 29.4. The number of ether oxygens (including phenoxy) is 6. The van der Waals surface area contributed by atoms with Gasteiger partial charge in [0.15, 0.2) is 0 Å². The summed E-state index contributed by atoms with van der Waals surface area (Å²) < 4.78 is 37.4. The number of methoxy groups -OCH3 is 2. The van der Waals surface area contributed by atoms with E-state index in [9.17, 15) is 19.8 Å². The highest BCUT2D eigenvalue weighted by Crippen LogP contribution is 2.62. The lowest BCUT2D eigenvalue weighted by atomic mass is 9.55. The molecule has 1 fully saturated rings. The maximum absolute atomic E-state index is 14.8. The van der Waals surface area contributed by atoms with E-state index in [1.54, 1.807) is 54.5 Å². The Morgan fingerprint density at radius 3 is 2.43 bits per heavy atom. The summed E-state index contributed by atoms with van der Waals surface area (Å²) in [6.45, 7) is 8.33. The minimum absolute atomic E-state index is 0.00535. The highest BCUT2D eigenvalue weighted by molar-refractivity contribution is 6.03. The maximum atomic E-state index is 14.8. The number of carbonyl (C=O) groups excluding carboxylic acids is 2. The molecule has 2 aliphatic carbocycles. The monoisotopic (exact) mass is 917 g/mol. The van der Waals surface area contributed by atoms with E-state index in [2.05, 4.69) is 24.6 Å². The van der Waals surface area contributed by atoms with Gasteiger partial charge < -0.3 is 43.5 Å². The molecule has 356 valence electrons. The zero-order valence-electron chi connectivity index (χ0n) is 38.7. The van der Waals surface area contributed by atoms with Gasteiger partial charge in [-0.2, -0.15) is 0 Å². The van der Waals surface area contributed by atoms with Crippen LogP contribution in [0.25, 0.3) is 10.8 Å². The van der Waals surface area contributed by atoms with Crippen LogP contribution in [0, 0.1) is 17.8 Å². The number of fused-ring (bicyclic) bond motifs is 3. The molecule has 67 heavy (non-hydrogen) atoms. The van der Waals surface area contributed by atoms with Crippen molar-refractivity contribution in [3.63, 3.8) is 0 Å². The SMILES string of the molecule is C=CCCOC(=O)N(Cc1cccc2ccccc12)C1CC(=NOC)C2=CC(CCCCO)C(CCCCO)C3c4cc(OC(=O)Nc5ccc(OC)cc5OC)ccc4OC1(OCC=C)C23. The molecule has 4 aromatic rings. The number of hydrogen-bond donors (Lipinski definition) is 3. The summed E-state index contributed by atoms with van der Waals surface area (Å²) in [7, 11) is 4.56. The van der Waals surface area contributed by atoms with Crippen molar-refractivity contribution in [3.05, 3.63) is 127 Å². The highest BCUT2D eigenvalue weighted by atomic mass is 16.7. The fourth-order valence-electron chi connectivity index (χ4n) is 10.2. The van der Waals surface area contributed by atoms with Gasteiger partial charge in [-0.1, -0.05) is 78.7 Å². The van der Waals surface area contributed by atoms with Crippen LogP contribution in [0.15, 0.2) is 121 Å². The van der Waals surface area contributed by atoms with Gasteiger partial charge in [0.1, 0.15) is 36.1 Å². The first-order chi connectivity index (χ1) is 32.7. The third kappa shape index (κ3) is 10.6. The van der Waals surface area contributed by atoms with Crippen molar-refractivity contribution in [2.45, 2.75) is 75.7 Å². The number of allylic oxidation sites excluding steroid dienone is 1. The minimum atomic E-state index is -1.54. The molecule has 2 amide bonds. The van der Waals surface area contributed by atoms with Crippen LogP contribution >= 0.6 is 0 Å². The van der Waals surface area contributed by atoms with Crippen molar-refractivity contribution in [3.8, 4) is 23.0 Å². The fourth-order valence-corrected chi connectivity index (χ4v) is 10.2. The summed E-state index contributed by atoms with van der Waals surface area (Å²) >= 11 is 0. The van der Waals surface area contributed by atoms with Gasteiger partial charge in [-0.05, 0) is 96.2 Å². The van der Waals surface area contributed by atoms with Gasteiger partial charge in [0.2, 0.25) is 5.79 Å². The van der Waals surface area contributed by atoms with Crippen LogP contribution < -0.4 is 24.3 Å². The normalized spacial score (nSPS) is 22.0. The van der Waals surface area contributed by atoms with Gasteiger partial charge >= 0.3 is 12.2 Å². The summed E-state index contributed by atoms with van der Waals surface area (Å²) in [4.78, 5) is 35.8. The molecule has 0 bridgehead atoms. The molecule has 6 atom stereocenters. The van der Waals surface area contributed by atoms with Crippen LogP contribution in [0.1, 0.15) is 68.4 Å². The quantitative estimate of drug-likeness (QED) is 0.0390. The first kappa shape index (κ1) is 48.6. The number of amides is 2. The van der Waals surface area contributed by atoms with E-state index in [4.69, 9.17) is 38.4 Å². The number of unbranched alkanes of at least 4 members (excludes halogenated alkanes) is 2. The predicted molar refractivity (Wildman–Crippen MR) is 257 cm³/mol. The van der Waals surface area contributed by atoms with E-state index < -0.39 is 29.9 Å². The molecule has 7 rings (SSSR count). The molecule has 1 aliphatic heterocycles. The predicted octanol–water partition coefficient (Wildman–Crippen LogP) is 9.95. The van der Waals surface area contributed by atoms with E-state index in [1.165, 1.54) is 14.2 Å².